The van der Waals surface area contributed by atoms with Crippen LogP contribution in [0.1, 0.15) is 15.9 Å². The van der Waals surface area contributed by atoms with Gasteiger partial charge in [0, 0.05) is 8.95 Å². The molecule has 0 aliphatic carbocycles. The highest BCUT2D eigenvalue weighted by atomic mass is 79.9. The average Bonchev–Trinajstić information content (AvgIpc) is 1.99. The lowest BCUT2D eigenvalue weighted by Gasteiger charge is -2.02. The molecule has 12 heavy (non-hydrogen) atoms. The molecular formula is C8H6Br2O2. The molecule has 64 valence electrons. The van der Waals surface area contributed by atoms with Gasteiger partial charge in [0.1, 0.15) is 0 Å². The van der Waals surface area contributed by atoms with E-state index >= 15 is 0 Å². The Bertz CT molecular complexity index is 311. The van der Waals surface area contributed by atoms with Crippen LogP contribution in [-0.2, 0) is 0 Å². The average molecular weight is 294 g/mol. The molecule has 1 rings (SSSR count). The molecular weight excluding hydrogens is 288 g/mol. The summed E-state index contributed by atoms with van der Waals surface area (Å²) in [4.78, 5) is 10.6. The Balaban J connectivity index is 3.31. The van der Waals surface area contributed by atoms with Crippen LogP contribution in [0.15, 0.2) is 21.1 Å². The molecule has 0 saturated carbocycles. The largest absolute Gasteiger partial charge is 0.478 e. The van der Waals surface area contributed by atoms with E-state index in [-0.39, 0.29) is 0 Å². The van der Waals surface area contributed by atoms with E-state index in [0.29, 0.717) is 5.56 Å². The van der Waals surface area contributed by atoms with Crippen molar-refractivity contribution in [1.29, 1.82) is 0 Å². The maximum atomic E-state index is 10.6. The summed E-state index contributed by atoms with van der Waals surface area (Å²) in [5.74, 6) is -0.911. The van der Waals surface area contributed by atoms with Gasteiger partial charge in [0.2, 0.25) is 0 Å². The highest BCUT2D eigenvalue weighted by molar-refractivity contribution is 9.13. The second-order valence-corrected chi connectivity index (χ2v) is 4.04. The summed E-state index contributed by atoms with van der Waals surface area (Å²) in [6.07, 6.45) is 0. The van der Waals surface area contributed by atoms with Gasteiger partial charge in [0.05, 0.1) is 5.56 Å². The lowest BCUT2D eigenvalue weighted by Crippen LogP contribution is -1.97. The fourth-order valence-electron chi connectivity index (χ4n) is 0.850. The smallest absolute Gasteiger partial charge is 0.335 e. The first-order valence-corrected chi connectivity index (χ1v) is 4.80. The Hall–Kier alpha value is -0.350. The normalized spacial score (nSPS) is 9.92. The summed E-state index contributed by atoms with van der Waals surface area (Å²) in [5, 5.41) is 8.69. The van der Waals surface area contributed by atoms with Gasteiger partial charge >= 0.3 is 5.97 Å². The molecule has 1 aromatic carbocycles. The first kappa shape index (κ1) is 9.74. The van der Waals surface area contributed by atoms with Crippen LogP contribution in [0, 0.1) is 6.92 Å². The van der Waals surface area contributed by atoms with Crippen LogP contribution in [0.5, 0.6) is 0 Å². The van der Waals surface area contributed by atoms with Crippen LogP contribution in [0.2, 0.25) is 0 Å². The molecule has 4 heteroatoms. The molecule has 2 nitrogen and oxygen atoms in total. The van der Waals surface area contributed by atoms with Crippen molar-refractivity contribution in [3.63, 3.8) is 0 Å². The summed E-state index contributed by atoms with van der Waals surface area (Å²) in [7, 11) is 0. The molecule has 1 N–H and O–H groups in total. The minimum absolute atomic E-state index is 0.294. The number of hydrogen-bond acceptors (Lipinski definition) is 1. The molecule has 0 radical (unpaired) electrons. The zero-order valence-electron chi connectivity index (χ0n) is 6.27. The van der Waals surface area contributed by atoms with Gasteiger partial charge in [-0.1, -0.05) is 0 Å². The van der Waals surface area contributed by atoms with E-state index in [9.17, 15) is 4.79 Å². The van der Waals surface area contributed by atoms with Crippen LogP contribution in [0.4, 0.5) is 0 Å². The van der Waals surface area contributed by atoms with Crippen LogP contribution in [0.3, 0.4) is 0 Å². The maximum Gasteiger partial charge on any atom is 0.335 e. The molecule has 0 unspecified atom stereocenters. The minimum atomic E-state index is -0.911. The highest BCUT2D eigenvalue weighted by Gasteiger charge is 2.07. The SMILES string of the molecule is Cc1cc(C(=O)O)cc(Br)c1Br. The molecule has 0 bridgehead atoms. The van der Waals surface area contributed by atoms with Crippen LogP contribution >= 0.6 is 31.9 Å². The van der Waals surface area contributed by atoms with Gasteiger partial charge < -0.3 is 5.11 Å². The Kier molecular flexibility index (Phi) is 2.90. The van der Waals surface area contributed by atoms with Gasteiger partial charge in [-0.05, 0) is 56.5 Å². The van der Waals surface area contributed by atoms with E-state index in [4.69, 9.17) is 5.11 Å². The van der Waals surface area contributed by atoms with Crippen LogP contribution < -0.4 is 0 Å². The standard InChI is InChI=1S/C8H6Br2O2/c1-4-2-5(8(11)12)3-6(9)7(4)10/h2-3H,1H3,(H,11,12). The maximum absolute atomic E-state index is 10.6. The molecule has 0 fully saturated rings. The molecule has 0 heterocycles. The summed E-state index contributed by atoms with van der Waals surface area (Å²) >= 11 is 6.58. The number of rotatable bonds is 1. The quantitative estimate of drug-likeness (QED) is 0.863. The predicted octanol–water partition coefficient (Wildman–Crippen LogP) is 3.22. The fraction of sp³-hybridized carbons (Fsp3) is 0.125. The van der Waals surface area contributed by atoms with Crippen molar-refractivity contribution < 1.29 is 9.90 Å². The Labute approximate surface area is 86.9 Å². The second-order valence-electron chi connectivity index (χ2n) is 2.39. The molecule has 1 aromatic rings. The third kappa shape index (κ3) is 1.87. The highest BCUT2D eigenvalue weighted by Crippen LogP contribution is 2.27. The van der Waals surface area contributed by atoms with Gasteiger partial charge in [-0.3, -0.25) is 0 Å². The number of aryl methyl sites for hydroxylation is 1. The lowest BCUT2D eigenvalue weighted by molar-refractivity contribution is 0.0696. The molecule has 0 aromatic heterocycles. The number of benzene rings is 1. The van der Waals surface area contributed by atoms with Crippen molar-refractivity contribution in [3.05, 3.63) is 32.2 Å². The van der Waals surface area contributed by atoms with E-state index < -0.39 is 5.97 Å². The van der Waals surface area contributed by atoms with E-state index in [1.165, 1.54) is 0 Å². The molecule has 0 amide bonds. The second kappa shape index (κ2) is 3.58. The molecule has 0 saturated heterocycles. The van der Waals surface area contributed by atoms with Gasteiger partial charge in [-0.2, -0.15) is 0 Å². The summed E-state index contributed by atoms with van der Waals surface area (Å²) in [5.41, 5.74) is 1.20. The number of halogens is 2. The third-order valence-corrected chi connectivity index (χ3v) is 3.67. The van der Waals surface area contributed by atoms with Crippen molar-refractivity contribution in [3.8, 4) is 0 Å². The predicted molar refractivity (Wildman–Crippen MR) is 53.5 cm³/mol. The van der Waals surface area contributed by atoms with E-state index in [1.54, 1.807) is 12.1 Å². The number of carbonyl (C=O) groups is 1. The first-order valence-electron chi connectivity index (χ1n) is 3.21. The minimum Gasteiger partial charge on any atom is -0.478 e. The van der Waals surface area contributed by atoms with Crippen molar-refractivity contribution in [2.45, 2.75) is 6.92 Å². The number of aromatic carboxylic acids is 1. The monoisotopic (exact) mass is 292 g/mol. The first-order chi connectivity index (χ1) is 5.52. The zero-order chi connectivity index (χ0) is 9.30. The molecule has 0 aliphatic rings. The Morgan fingerprint density at radius 1 is 1.42 bits per heavy atom. The number of carboxylic acid groups (broad SMARTS) is 1. The number of hydrogen-bond donors (Lipinski definition) is 1. The van der Waals surface area contributed by atoms with E-state index in [2.05, 4.69) is 31.9 Å². The van der Waals surface area contributed by atoms with Crippen molar-refractivity contribution in [2.75, 3.05) is 0 Å². The van der Waals surface area contributed by atoms with Crippen molar-refractivity contribution in [1.82, 2.24) is 0 Å². The lowest BCUT2D eigenvalue weighted by atomic mass is 10.1. The third-order valence-electron chi connectivity index (χ3n) is 1.46. The molecule has 0 aliphatic heterocycles. The Morgan fingerprint density at radius 3 is 2.42 bits per heavy atom. The molecule has 0 atom stereocenters. The topological polar surface area (TPSA) is 37.3 Å². The zero-order valence-corrected chi connectivity index (χ0v) is 9.44. The molecule has 0 spiro atoms. The van der Waals surface area contributed by atoms with Gasteiger partial charge in [0.15, 0.2) is 0 Å². The van der Waals surface area contributed by atoms with Crippen molar-refractivity contribution >= 4 is 37.8 Å². The number of carboxylic acids is 1. The summed E-state index contributed by atoms with van der Waals surface area (Å²) in [6, 6.07) is 3.19. The van der Waals surface area contributed by atoms with Gasteiger partial charge in [0.25, 0.3) is 0 Å². The summed E-state index contributed by atoms with van der Waals surface area (Å²) in [6.45, 7) is 1.85. The van der Waals surface area contributed by atoms with Gasteiger partial charge in [-0.15, -0.1) is 0 Å². The van der Waals surface area contributed by atoms with Gasteiger partial charge in [-0.25, -0.2) is 4.79 Å². The van der Waals surface area contributed by atoms with E-state index in [1.807, 2.05) is 6.92 Å². The van der Waals surface area contributed by atoms with Crippen LogP contribution in [-0.4, -0.2) is 11.1 Å². The van der Waals surface area contributed by atoms with E-state index in [0.717, 1.165) is 14.5 Å². The summed E-state index contributed by atoms with van der Waals surface area (Å²) < 4.78 is 1.66. The van der Waals surface area contributed by atoms with Crippen LogP contribution in [0.25, 0.3) is 0 Å². The Morgan fingerprint density at radius 2 is 2.00 bits per heavy atom. The fourth-order valence-corrected chi connectivity index (χ4v) is 1.64. The van der Waals surface area contributed by atoms with Crippen molar-refractivity contribution in [2.24, 2.45) is 0 Å².